The molecule has 2 aliphatic heterocycles. The van der Waals surface area contributed by atoms with Crippen LogP contribution in [-0.4, -0.2) is 49.2 Å². The Hall–Kier alpha value is -0.320. The molecule has 0 bridgehead atoms. The number of hydrogen-bond donors (Lipinski definition) is 1. The molecule has 0 spiro atoms. The summed E-state index contributed by atoms with van der Waals surface area (Å²) in [6, 6.07) is -0.155. The van der Waals surface area contributed by atoms with Crippen molar-refractivity contribution in [2.24, 2.45) is 5.41 Å². The van der Waals surface area contributed by atoms with Crippen LogP contribution in [0.25, 0.3) is 0 Å². The third kappa shape index (κ3) is 3.83. The minimum atomic E-state index is -0.155. The monoisotopic (exact) mass is 290 g/mol. The lowest BCUT2D eigenvalue weighted by molar-refractivity contribution is -0.142. The van der Waals surface area contributed by atoms with Crippen LogP contribution in [0.3, 0.4) is 0 Å². The van der Waals surface area contributed by atoms with E-state index in [1.165, 1.54) is 6.42 Å². The van der Waals surface area contributed by atoms with Crippen LogP contribution in [0.1, 0.15) is 40.0 Å². The van der Waals surface area contributed by atoms with Crippen LogP contribution in [-0.2, 0) is 9.53 Å². The Morgan fingerprint density at radius 3 is 2.89 bits per heavy atom. The number of carbonyl (C=O) groups excluding carboxylic acids is 1. The third-order valence-electron chi connectivity index (χ3n) is 4.53. The van der Waals surface area contributed by atoms with E-state index in [-0.39, 0.29) is 30.5 Å². The van der Waals surface area contributed by atoms with Crippen LogP contribution >= 0.6 is 12.4 Å². The SMILES string of the molecule is CCC1(C)CCCN(C(=O)[C@H]2NCCO[C@@H]2C)C1.Cl. The van der Waals surface area contributed by atoms with Gasteiger partial charge in [-0.1, -0.05) is 13.8 Å². The van der Waals surface area contributed by atoms with Gasteiger partial charge in [-0.15, -0.1) is 12.4 Å². The number of carbonyl (C=O) groups is 1. The largest absolute Gasteiger partial charge is 0.375 e. The van der Waals surface area contributed by atoms with Crippen molar-refractivity contribution < 1.29 is 9.53 Å². The van der Waals surface area contributed by atoms with Crippen LogP contribution < -0.4 is 5.32 Å². The highest BCUT2D eigenvalue weighted by atomic mass is 35.5. The van der Waals surface area contributed by atoms with Gasteiger partial charge in [0, 0.05) is 19.6 Å². The number of amides is 1. The number of nitrogens with zero attached hydrogens (tertiary/aromatic N) is 1. The number of hydrogen-bond acceptors (Lipinski definition) is 3. The predicted molar refractivity (Wildman–Crippen MR) is 78.7 cm³/mol. The maximum atomic E-state index is 12.6. The van der Waals surface area contributed by atoms with Gasteiger partial charge in [0.1, 0.15) is 6.04 Å². The van der Waals surface area contributed by atoms with E-state index in [9.17, 15) is 4.79 Å². The molecule has 2 fully saturated rings. The Bertz CT molecular complexity index is 314. The van der Waals surface area contributed by atoms with Crippen molar-refractivity contribution >= 4 is 18.3 Å². The molecule has 1 unspecified atom stereocenters. The van der Waals surface area contributed by atoms with Crippen molar-refractivity contribution in [2.75, 3.05) is 26.2 Å². The van der Waals surface area contributed by atoms with E-state index < -0.39 is 0 Å². The minimum absolute atomic E-state index is 0. The second-order valence-corrected chi connectivity index (χ2v) is 6.04. The summed E-state index contributed by atoms with van der Waals surface area (Å²) in [5.74, 6) is 0.224. The lowest BCUT2D eigenvalue weighted by atomic mass is 9.79. The summed E-state index contributed by atoms with van der Waals surface area (Å²) in [6.45, 7) is 9.78. The van der Waals surface area contributed by atoms with E-state index in [1.807, 2.05) is 11.8 Å². The molecule has 2 saturated heterocycles. The number of likely N-dealkylation sites (tertiary alicyclic amines) is 1. The van der Waals surface area contributed by atoms with Crippen LogP contribution in [0, 0.1) is 5.41 Å². The summed E-state index contributed by atoms with van der Waals surface area (Å²) in [6.07, 6.45) is 3.48. The average Bonchev–Trinajstić information content (AvgIpc) is 2.39. The molecule has 19 heavy (non-hydrogen) atoms. The average molecular weight is 291 g/mol. The lowest BCUT2D eigenvalue weighted by Crippen LogP contribution is -2.58. The summed E-state index contributed by atoms with van der Waals surface area (Å²) in [4.78, 5) is 14.6. The molecule has 4 nitrogen and oxygen atoms in total. The molecular weight excluding hydrogens is 264 g/mol. The molecule has 0 aliphatic carbocycles. The van der Waals surface area contributed by atoms with Crippen molar-refractivity contribution in [2.45, 2.75) is 52.2 Å². The van der Waals surface area contributed by atoms with Crippen LogP contribution in [0.2, 0.25) is 0 Å². The molecule has 1 amide bonds. The Labute approximate surface area is 122 Å². The molecule has 2 rings (SSSR count). The maximum Gasteiger partial charge on any atom is 0.242 e. The number of nitrogens with one attached hydrogen (secondary N) is 1. The van der Waals surface area contributed by atoms with Gasteiger partial charge in [-0.05, 0) is 31.6 Å². The smallest absolute Gasteiger partial charge is 0.242 e. The topological polar surface area (TPSA) is 41.6 Å². The number of ether oxygens (including phenoxy) is 1. The molecule has 2 heterocycles. The Kier molecular flexibility index (Phi) is 6.09. The number of piperidine rings is 1. The van der Waals surface area contributed by atoms with Crippen molar-refractivity contribution in [1.29, 1.82) is 0 Å². The van der Waals surface area contributed by atoms with Crippen LogP contribution in [0.5, 0.6) is 0 Å². The van der Waals surface area contributed by atoms with Gasteiger partial charge in [-0.2, -0.15) is 0 Å². The molecule has 0 aromatic heterocycles. The zero-order valence-corrected chi connectivity index (χ0v) is 13.1. The third-order valence-corrected chi connectivity index (χ3v) is 4.53. The first-order valence-electron chi connectivity index (χ1n) is 7.19. The fourth-order valence-corrected chi connectivity index (χ4v) is 3.00. The molecule has 112 valence electrons. The van der Waals surface area contributed by atoms with Gasteiger partial charge in [0.2, 0.25) is 5.91 Å². The van der Waals surface area contributed by atoms with Crippen LogP contribution in [0.15, 0.2) is 0 Å². The van der Waals surface area contributed by atoms with Gasteiger partial charge in [-0.25, -0.2) is 0 Å². The van der Waals surface area contributed by atoms with Gasteiger partial charge >= 0.3 is 0 Å². The van der Waals surface area contributed by atoms with E-state index >= 15 is 0 Å². The summed E-state index contributed by atoms with van der Waals surface area (Å²) >= 11 is 0. The van der Waals surface area contributed by atoms with Crippen molar-refractivity contribution in [3.05, 3.63) is 0 Å². The number of rotatable bonds is 2. The van der Waals surface area contributed by atoms with Crippen molar-refractivity contribution in [3.8, 4) is 0 Å². The quantitative estimate of drug-likeness (QED) is 0.843. The van der Waals surface area contributed by atoms with E-state index in [0.717, 1.165) is 32.5 Å². The van der Waals surface area contributed by atoms with Crippen molar-refractivity contribution in [1.82, 2.24) is 10.2 Å². The summed E-state index contributed by atoms with van der Waals surface area (Å²) in [5.41, 5.74) is 0.298. The van der Waals surface area contributed by atoms with Gasteiger partial charge in [0.25, 0.3) is 0 Å². The fraction of sp³-hybridized carbons (Fsp3) is 0.929. The number of morpholine rings is 1. The zero-order valence-electron chi connectivity index (χ0n) is 12.3. The molecule has 0 aromatic rings. The number of halogens is 1. The second-order valence-electron chi connectivity index (χ2n) is 6.04. The summed E-state index contributed by atoms with van der Waals surface area (Å²) < 4.78 is 5.57. The maximum absolute atomic E-state index is 12.6. The van der Waals surface area contributed by atoms with Gasteiger partial charge in [0.15, 0.2) is 0 Å². The lowest BCUT2D eigenvalue weighted by Gasteiger charge is -2.42. The Balaban J connectivity index is 0.00000180. The highest BCUT2D eigenvalue weighted by molar-refractivity contribution is 5.85. The molecule has 3 atom stereocenters. The summed E-state index contributed by atoms with van der Waals surface area (Å²) in [5, 5.41) is 3.30. The Morgan fingerprint density at radius 1 is 1.53 bits per heavy atom. The standard InChI is InChI=1S/C14H26N2O2.ClH/c1-4-14(3)6-5-8-16(10-14)13(17)12-11(2)18-9-7-15-12;/h11-12,15H,4-10H2,1-3H3;1H/t11-,12+,14?;/m1./s1. The molecule has 0 saturated carbocycles. The predicted octanol–water partition coefficient (Wildman–Crippen LogP) is 1.82. The van der Waals surface area contributed by atoms with E-state index in [0.29, 0.717) is 12.0 Å². The summed E-state index contributed by atoms with van der Waals surface area (Å²) in [7, 11) is 0. The normalized spacial score (nSPS) is 35.6. The first-order valence-corrected chi connectivity index (χ1v) is 7.19. The first-order chi connectivity index (χ1) is 8.56. The molecule has 0 aromatic carbocycles. The van der Waals surface area contributed by atoms with E-state index in [2.05, 4.69) is 19.2 Å². The zero-order chi connectivity index (χ0) is 13.2. The molecular formula is C14H27ClN2O2. The fourth-order valence-electron chi connectivity index (χ4n) is 3.00. The van der Waals surface area contributed by atoms with Crippen LogP contribution in [0.4, 0.5) is 0 Å². The highest BCUT2D eigenvalue weighted by Gasteiger charge is 2.37. The Morgan fingerprint density at radius 2 is 2.26 bits per heavy atom. The van der Waals surface area contributed by atoms with Gasteiger partial charge in [0.05, 0.1) is 12.7 Å². The molecule has 5 heteroatoms. The highest BCUT2D eigenvalue weighted by Crippen LogP contribution is 2.32. The first kappa shape index (κ1) is 16.7. The van der Waals surface area contributed by atoms with Crippen molar-refractivity contribution in [3.63, 3.8) is 0 Å². The molecule has 1 N–H and O–H groups in total. The minimum Gasteiger partial charge on any atom is -0.375 e. The molecule has 2 aliphatic rings. The second kappa shape index (κ2) is 6.91. The van der Waals surface area contributed by atoms with E-state index in [4.69, 9.17) is 4.74 Å². The van der Waals surface area contributed by atoms with E-state index in [1.54, 1.807) is 0 Å². The van der Waals surface area contributed by atoms with Gasteiger partial charge < -0.3 is 15.0 Å². The van der Waals surface area contributed by atoms with Gasteiger partial charge in [-0.3, -0.25) is 4.79 Å². The molecule has 0 radical (unpaired) electrons.